The van der Waals surface area contributed by atoms with Crippen LogP contribution in [-0.2, 0) is 17.3 Å². The van der Waals surface area contributed by atoms with E-state index in [0.29, 0.717) is 28.9 Å². The van der Waals surface area contributed by atoms with Gasteiger partial charge < -0.3 is 19.1 Å². The Bertz CT molecular complexity index is 1800. The van der Waals surface area contributed by atoms with Crippen LogP contribution in [0, 0.1) is 5.92 Å². The fourth-order valence-electron chi connectivity index (χ4n) is 5.61. The summed E-state index contributed by atoms with van der Waals surface area (Å²) in [6.45, 7) is 1.96. The van der Waals surface area contributed by atoms with Crippen molar-refractivity contribution >= 4 is 21.9 Å². The first-order chi connectivity index (χ1) is 20.7. The highest BCUT2D eigenvalue weighted by Gasteiger charge is 2.31. The Morgan fingerprint density at radius 2 is 1.92 bits per heavy atom. The molecular formula is C30H33N5O3. The summed E-state index contributed by atoms with van der Waals surface area (Å²) in [5.41, 5.74) is 3.09. The van der Waals surface area contributed by atoms with Crippen LogP contribution >= 0.6 is 0 Å². The topological polar surface area (TPSA) is 87.2 Å². The Hall–Kier alpha value is -3.75. The summed E-state index contributed by atoms with van der Waals surface area (Å²) in [4.78, 5) is 4.80. The highest BCUT2D eigenvalue weighted by Crippen LogP contribution is 2.42. The Morgan fingerprint density at radius 1 is 1.11 bits per heavy atom. The number of ether oxygens (including phenoxy) is 2. The normalized spacial score (nSPS) is 18.8. The number of pyridine rings is 1. The van der Waals surface area contributed by atoms with Crippen molar-refractivity contribution in [1.82, 2.24) is 24.5 Å². The summed E-state index contributed by atoms with van der Waals surface area (Å²) < 4.78 is 60.7. The molecule has 6 rings (SSSR count). The van der Waals surface area contributed by atoms with Crippen LogP contribution in [0.1, 0.15) is 52.1 Å². The lowest BCUT2D eigenvalue weighted by molar-refractivity contribution is 0.0552. The fourth-order valence-corrected chi connectivity index (χ4v) is 5.61. The van der Waals surface area contributed by atoms with Gasteiger partial charge in [0.1, 0.15) is 5.69 Å². The van der Waals surface area contributed by atoms with Crippen molar-refractivity contribution in [1.29, 1.82) is 0 Å². The van der Waals surface area contributed by atoms with E-state index in [1.54, 1.807) is 19.9 Å². The van der Waals surface area contributed by atoms with Gasteiger partial charge in [0.05, 0.1) is 39.3 Å². The Balaban J connectivity index is 1.68. The third-order valence-electron chi connectivity index (χ3n) is 7.49. The molecule has 1 saturated heterocycles. The second kappa shape index (κ2) is 9.53. The van der Waals surface area contributed by atoms with Crippen LogP contribution < -0.4 is 4.74 Å². The van der Waals surface area contributed by atoms with E-state index in [0.717, 1.165) is 34.9 Å². The number of hydrogen-bond donors (Lipinski definition) is 1. The van der Waals surface area contributed by atoms with E-state index in [-0.39, 0.29) is 23.2 Å². The van der Waals surface area contributed by atoms with Gasteiger partial charge in [0.25, 0.3) is 5.88 Å². The maximum atomic E-state index is 10.9. The van der Waals surface area contributed by atoms with Crippen LogP contribution in [0.4, 0.5) is 0 Å². The van der Waals surface area contributed by atoms with Crippen molar-refractivity contribution in [3.8, 4) is 17.1 Å². The van der Waals surface area contributed by atoms with Gasteiger partial charge in [0.2, 0.25) is 0 Å². The second-order valence-corrected chi connectivity index (χ2v) is 10.3. The number of fused-ring (bicyclic) bond motifs is 3. The van der Waals surface area contributed by atoms with E-state index in [4.69, 9.17) is 22.7 Å². The zero-order valence-electron chi connectivity index (χ0n) is 27.3. The lowest BCUT2D eigenvalue weighted by atomic mass is 9.86. The van der Waals surface area contributed by atoms with Crippen LogP contribution in [0.5, 0.6) is 5.88 Å². The zero-order valence-corrected chi connectivity index (χ0v) is 21.3. The van der Waals surface area contributed by atoms with Crippen LogP contribution in [-0.4, -0.2) is 49.9 Å². The van der Waals surface area contributed by atoms with Gasteiger partial charge in [0.15, 0.2) is 0 Å². The molecule has 0 amide bonds. The van der Waals surface area contributed by atoms with E-state index in [9.17, 15) is 5.11 Å². The molecule has 0 spiro atoms. The molecule has 38 heavy (non-hydrogen) atoms. The minimum Gasteiger partial charge on any atom is -0.478 e. The highest BCUT2D eigenvalue weighted by molar-refractivity contribution is 6.07. The van der Waals surface area contributed by atoms with Crippen molar-refractivity contribution in [3.05, 3.63) is 71.9 Å². The molecule has 0 aliphatic carbocycles. The predicted molar refractivity (Wildman–Crippen MR) is 147 cm³/mol. The monoisotopic (exact) mass is 517 g/mol. The molecular weight excluding hydrogens is 478 g/mol. The number of methoxy groups -OCH3 is 1. The molecule has 8 heteroatoms. The van der Waals surface area contributed by atoms with Crippen LogP contribution in [0.25, 0.3) is 33.2 Å². The maximum Gasteiger partial charge on any atom is 0.261 e. The number of benzene rings is 2. The van der Waals surface area contributed by atoms with Crippen LogP contribution in [0.3, 0.4) is 0 Å². The molecule has 1 N–H and O–H groups in total. The molecule has 1 aliphatic rings. The summed E-state index contributed by atoms with van der Waals surface area (Å²) >= 11 is 0. The third kappa shape index (κ3) is 4.14. The molecule has 5 aromatic rings. The van der Waals surface area contributed by atoms with Gasteiger partial charge in [-0.1, -0.05) is 52.8 Å². The lowest BCUT2D eigenvalue weighted by Crippen LogP contribution is -2.27. The molecule has 3 aromatic heterocycles. The summed E-state index contributed by atoms with van der Waals surface area (Å²) in [7, 11) is -2.88. The smallest absolute Gasteiger partial charge is 0.261 e. The molecule has 8 nitrogen and oxygen atoms in total. The van der Waals surface area contributed by atoms with Gasteiger partial charge in [-0.2, -0.15) is 0 Å². The minimum atomic E-state index is -2.88. The van der Waals surface area contributed by atoms with Crippen molar-refractivity contribution in [2.24, 2.45) is 12.9 Å². The average molecular weight is 518 g/mol. The Morgan fingerprint density at radius 3 is 2.66 bits per heavy atom. The average Bonchev–Trinajstić information content (AvgIpc) is 3.52. The summed E-state index contributed by atoms with van der Waals surface area (Å²) in [6, 6.07) is 17.6. The molecule has 0 radical (unpaired) electrons. The van der Waals surface area contributed by atoms with Crippen LogP contribution in [0.2, 0.25) is 0 Å². The molecule has 4 heterocycles. The molecule has 1 atom stereocenters. The van der Waals surface area contributed by atoms with Gasteiger partial charge in [-0.3, -0.25) is 4.98 Å². The summed E-state index contributed by atoms with van der Waals surface area (Å²) in [6.07, 6.45) is 3.13. The first-order valence-electron chi connectivity index (χ1n) is 15.7. The van der Waals surface area contributed by atoms with E-state index < -0.39 is 25.5 Å². The summed E-state index contributed by atoms with van der Waals surface area (Å²) in [5, 5.41) is 19.3. The van der Waals surface area contributed by atoms with Gasteiger partial charge in [-0.05, 0) is 55.9 Å². The van der Waals surface area contributed by atoms with Crippen LogP contribution in [0.15, 0.2) is 60.8 Å². The standard InChI is InChI=1S/C30H33N5O3/c1-30(2,36)22-10-11-23-24(17-22)35(27(19-8-6-5-7-9-19)20-12-14-38-15-13-20)25-16-21(18-31-26(23)25)28-29(37-4)32-33-34(28)3/h5-11,16-18,20,27,36H,12-15H2,1-4H3/t27-/m1/s1/i3D3,4D3. The lowest BCUT2D eigenvalue weighted by Gasteiger charge is -2.33. The van der Waals surface area contributed by atoms with E-state index in [1.165, 1.54) is 6.20 Å². The summed E-state index contributed by atoms with van der Waals surface area (Å²) in [5.74, 6) is -0.235. The van der Waals surface area contributed by atoms with Gasteiger partial charge >= 0.3 is 0 Å². The maximum absolute atomic E-state index is 10.9. The number of nitrogens with zero attached hydrogens (tertiary/aromatic N) is 5. The molecule has 0 unspecified atom stereocenters. The molecule has 1 fully saturated rings. The number of hydrogen-bond acceptors (Lipinski definition) is 6. The number of rotatable bonds is 6. The third-order valence-corrected chi connectivity index (χ3v) is 7.49. The number of aromatic nitrogens is 5. The van der Waals surface area contributed by atoms with Crippen molar-refractivity contribution in [2.45, 2.75) is 38.3 Å². The Labute approximate surface area is 230 Å². The molecule has 1 aliphatic heterocycles. The first-order valence-corrected chi connectivity index (χ1v) is 12.7. The molecule has 0 bridgehead atoms. The number of aliphatic hydroxyl groups is 1. The Kier molecular flexibility index (Phi) is 4.64. The van der Waals surface area contributed by atoms with Crippen molar-refractivity contribution in [3.63, 3.8) is 0 Å². The van der Waals surface area contributed by atoms with E-state index >= 15 is 0 Å². The van der Waals surface area contributed by atoms with Gasteiger partial charge in [0, 0.05) is 41.4 Å². The van der Waals surface area contributed by atoms with Crippen molar-refractivity contribution < 1.29 is 22.8 Å². The second-order valence-electron chi connectivity index (χ2n) is 10.3. The van der Waals surface area contributed by atoms with Gasteiger partial charge in [-0.15, -0.1) is 0 Å². The molecule has 196 valence electrons. The first kappa shape index (κ1) is 18.5. The SMILES string of the molecule is [2H]C([2H])([2H])Oc1nnn(C([2H])([2H])[2H])c1-c1cnc2c3ccc(C(C)(C)O)cc3n([C@H](c3ccccc3)C3CCOCC3)c2c1. The number of aryl methyl sites for hydroxylation is 1. The van der Waals surface area contributed by atoms with Crippen molar-refractivity contribution in [2.75, 3.05) is 20.3 Å². The van der Waals surface area contributed by atoms with E-state index in [1.807, 2.05) is 36.4 Å². The quantitative estimate of drug-likeness (QED) is 0.332. The highest BCUT2D eigenvalue weighted by atomic mass is 16.5. The predicted octanol–water partition coefficient (Wildman–Crippen LogP) is 5.24. The zero-order chi connectivity index (χ0) is 31.4. The van der Waals surface area contributed by atoms with Gasteiger partial charge in [-0.25, -0.2) is 4.68 Å². The molecule has 2 aromatic carbocycles. The largest absolute Gasteiger partial charge is 0.478 e. The fraction of sp³-hybridized carbons (Fsp3) is 0.367. The van der Waals surface area contributed by atoms with E-state index in [2.05, 4.69) is 27.0 Å². The minimum absolute atomic E-state index is 0.119. The molecule has 0 saturated carbocycles.